The Bertz CT molecular complexity index is 457. The van der Waals surface area contributed by atoms with Crippen LogP contribution >= 0.6 is 0 Å². The molecule has 0 saturated carbocycles. The van der Waals surface area contributed by atoms with Gasteiger partial charge in [-0.1, -0.05) is 12.1 Å². The van der Waals surface area contributed by atoms with Crippen molar-refractivity contribution in [3.05, 3.63) is 29.8 Å². The first-order valence-corrected chi connectivity index (χ1v) is 7.31. The van der Waals surface area contributed by atoms with Gasteiger partial charge >= 0.3 is 0 Å². The van der Waals surface area contributed by atoms with Crippen LogP contribution in [0, 0.1) is 6.92 Å². The lowest BCUT2D eigenvalue weighted by atomic mass is 10.2. The van der Waals surface area contributed by atoms with Crippen molar-refractivity contribution in [2.24, 2.45) is 0 Å². The fraction of sp³-hybridized carbons (Fsp3) is 0.500. The summed E-state index contributed by atoms with van der Waals surface area (Å²) in [7, 11) is -1.46. The molecule has 1 N–H and O–H groups in total. The minimum absolute atomic E-state index is 0.147. The second-order valence-corrected chi connectivity index (χ2v) is 6.38. The number of nitrogens with one attached hydrogen (secondary N) is 1. The van der Waals surface area contributed by atoms with E-state index in [9.17, 15) is 8.42 Å². The van der Waals surface area contributed by atoms with Gasteiger partial charge in [0.1, 0.15) is 0 Å². The largest absolute Gasteiger partial charge is 0.384 e. The Kier molecular flexibility index (Phi) is 4.96. The minimum Gasteiger partial charge on any atom is -0.384 e. The number of sulfonamides is 1. The minimum atomic E-state index is -3.07. The van der Waals surface area contributed by atoms with E-state index in [4.69, 9.17) is 0 Å². The second kappa shape index (κ2) is 6.02. The second-order valence-electron chi connectivity index (χ2n) is 4.02. The van der Waals surface area contributed by atoms with E-state index in [2.05, 4.69) is 5.32 Å². The third kappa shape index (κ3) is 4.36. The van der Waals surface area contributed by atoms with Crippen molar-refractivity contribution < 1.29 is 8.42 Å². The molecule has 96 valence electrons. The summed E-state index contributed by atoms with van der Waals surface area (Å²) in [5.41, 5.74) is 2.21. The Morgan fingerprint density at radius 3 is 2.65 bits per heavy atom. The van der Waals surface area contributed by atoms with Gasteiger partial charge in [0.2, 0.25) is 10.0 Å². The predicted octanol–water partition coefficient (Wildman–Crippen LogP) is 1.69. The quantitative estimate of drug-likeness (QED) is 0.842. The Morgan fingerprint density at radius 1 is 1.35 bits per heavy atom. The van der Waals surface area contributed by atoms with Crippen LogP contribution in [0.3, 0.4) is 0 Å². The molecule has 0 atom stereocenters. The van der Waals surface area contributed by atoms with Crippen molar-refractivity contribution in [3.8, 4) is 0 Å². The van der Waals surface area contributed by atoms with E-state index in [1.165, 1.54) is 9.87 Å². The van der Waals surface area contributed by atoms with Crippen LogP contribution in [0.1, 0.15) is 12.5 Å². The number of hydrogen-bond acceptors (Lipinski definition) is 3. The summed E-state index contributed by atoms with van der Waals surface area (Å²) in [6, 6.07) is 8.01. The highest BCUT2D eigenvalue weighted by Gasteiger charge is 2.13. The molecule has 0 aromatic heterocycles. The molecule has 0 radical (unpaired) electrons. The van der Waals surface area contributed by atoms with Gasteiger partial charge in [0.25, 0.3) is 0 Å². The number of benzene rings is 1. The van der Waals surface area contributed by atoms with Gasteiger partial charge in [0.15, 0.2) is 0 Å². The van der Waals surface area contributed by atoms with Crippen LogP contribution in [-0.2, 0) is 10.0 Å². The summed E-state index contributed by atoms with van der Waals surface area (Å²) in [4.78, 5) is 0. The molecule has 0 unspecified atom stereocenters. The van der Waals surface area contributed by atoms with E-state index in [0.717, 1.165) is 5.69 Å². The zero-order chi connectivity index (χ0) is 12.9. The molecule has 0 amide bonds. The molecule has 0 saturated heterocycles. The summed E-state index contributed by atoms with van der Waals surface area (Å²) < 4.78 is 24.4. The Balaban J connectivity index is 2.43. The Morgan fingerprint density at radius 2 is 2.06 bits per heavy atom. The highest BCUT2D eigenvalue weighted by molar-refractivity contribution is 7.89. The van der Waals surface area contributed by atoms with Crippen molar-refractivity contribution >= 4 is 15.7 Å². The lowest BCUT2D eigenvalue weighted by molar-refractivity contribution is 0.481. The smallest absolute Gasteiger partial charge is 0.213 e. The summed E-state index contributed by atoms with van der Waals surface area (Å²) >= 11 is 0. The Hall–Kier alpha value is -1.07. The highest BCUT2D eigenvalue weighted by atomic mass is 32.2. The molecule has 1 rings (SSSR count). The van der Waals surface area contributed by atoms with Crippen molar-refractivity contribution in [2.75, 3.05) is 31.2 Å². The molecular weight excluding hydrogens is 236 g/mol. The average molecular weight is 256 g/mol. The topological polar surface area (TPSA) is 49.4 Å². The predicted molar refractivity (Wildman–Crippen MR) is 71.8 cm³/mol. The zero-order valence-corrected chi connectivity index (χ0v) is 11.4. The summed E-state index contributed by atoms with van der Waals surface area (Å²) in [5.74, 6) is 0.147. The van der Waals surface area contributed by atoms with E-state index >= 15 is 0 Å². The molecule has 1 aromatic rings. The van der Waals surface area contributed by atoms with Gasteiger partial charge in [-0.25, -0.2) is 12.7 Å². The zero-order valence-electron chi connectivity index (χ0n) is 10.6. The summed E-state index contributed by atoms with van der Waals surface area (Å²) in [6.45, 7) is 4.77. The number of likely N-dealkylation sites (N-methyl/N-ethyl adjacent to an activating group) is 1. The van der Waals surface area contributed by atoms with Gasteiger partial charge in [-0.15, -0.1) is 0 Å². The normalized spacial score (nSPS) is 11.8. The molecule has 0 heterocycles. The number of aryl methyl sites for hydroxylation is 1. The van der Waals surface area contributed by atoms with Gasteiger partial charge in [0.05, 0.1) is 5.75 Å². The van der Waals surface area contributed by atoms with Crippen LogP contribution in [0.15, 0.2) is 24.3 Å². The molecular formula is C12H20N2O2S. The van der Waals surface area contributed by atoms with Crippen LogP contribution < -0.4 is 5.32 Å². The summed E-state index contributed by atoms with van der Waals surface area (Å²) in [6.07, 6.45) is 0. The third-order valence-electron chi connectivity index (χ3n) is 2.61. The number of anilines is 1. The van der Waals surface area contributed by atoms with Crippen LogP contribution in [0.5, 0.6) is 0 Å². The molecule has 0 fully saturated rings. The van der Waals surface area contributed by atoms with Crippen molar-refractivity contribution in [3.63, 3.8) is 0 Å². The van der Waals surface area contributed by atoms with E-state index in [0.29, 0.717) is 13.1 Å². The molecule has 1 aromatic carbocycles. The first-order valence-electron chi connectivity index (χ1n) is 5.70. The maximum Gasteiger partial charge on any atom is 0.213 e. The molecule has 17 heavy (non-hydrogen) atoms. The molecule has 0 bridgehead atoms. The Labute approximate surface area is 104 Å². The number of nitrogens with zero attached hydrogens (tertiary/aromatic N) is 1. The van der Waals surface area contributed by atoms with E-state index in [-0.39, 0.29) is 5.75 Å². The molecule has 4 nitrogen and oxygen atoms in total. The van der Waals surface area contributed by atoms with E-state index in [1.54, 1.807) is 14.0 Å². The van der Waals surface area contributed by atoms with Gasteiger partial charge in [0, 0.05) is 25.8 Å². The fourth-order valence-electron chi connectivity index (χ4n) is 1.47. The maximum atomic E-state index is 11.5. The molecule has 0 aliphatic heterocycles. The van der Waals surface area contributed by atoms with Crippen molar-refractivity contribution in [2.45, 2.75) is 13.8 Å². The third-order valence-corrected chi connectivity index (χ3v) is 4.48. The van der Waals surface area contributed by atoms with Gasteiger partial charge < -0.3 is 5.32 Å². The fourth-order valence-corrected chi connectivity index (χ4v) is 2.28. The van der Waals surface area contributed by atoms with Crippen LogP contribution in [-0.4, -0.2) is 38.6 Å². The number of hydrogen-bond donors (Lipinski definition) is 1. The standard InChI is InChI=1S/C12H20N2O2S/c1-4-17(15,16)14(3)9-8-13-12-7-5-6-11(2)10-12/h5-7,10,13H,4,8-9H2,1-3H3. The molecule has 0 aliphatic carbocycles. The lowest BCUT2D eigenvalue weighted by Crippen LogP contribution is -2.32. The van der Waals surface area contributed by atoms with Gasteiger partial charge in [-0.05, 0) is 31.5 Å². The van der Waals surface area contributed by atoms with Crippen LogP contribution in [0.4, 0.5) is 5.69 Å². The lowest BCUT2D eigenvalue weighted by Gasteiger charge is -2.16. The van der Waals surface area contributed by atoms with Crippen LogP contribution in [0.25, 0.3) is 0 Å². The molecule has 5 heteroatoms. The average Bonchev–Trinajstić information content (AvgIpc) is 2.29. The first-order chi connectivity index (χ1) is 7.95. The maximum absolute atomic E-state index is 11.5. The summed E-state index contributed by atoms with van der Waals surface area (Å²) in [5, 5.41) is 3.21. The van der Waals surface area contributed by atoms with Crippen molar-refractivity contribution in [1.82, 2.24) is 4.31 Å². The van der Waals surface area contributed by atoms with Gasteiger partial charge in [-0.3, -0.25) is 0 Å². The van der Waals surface area contributed by atoms with Crippen LogP contribution in [0.2, 0.25) is 0 Å². The van der Waals surface area contributed by atoms with Crippen molar-refractivity contribution in [1.29, 1.82) is 0 Å². The molecule has 0 aliphatic rings. The highest BCUT2D eigenvalue weighted by Crippen LogP contribution is 2.09. The van der Waals surface area contributed by atoms with Gasteiger partial charge in [-0.2, -0.15) is 0 Å². The first kappa shape index (κ1) is 14.0. The SMILES string of the molecule is CCS(=O)(=O)N(C)CCNc1cccc(C)c1. The van der Waals surface area contributed by atoms with E-state index in [1.807, 2.05) is 31.2 Å². The molecule has 0 spiro atoms. The monoisotopic (exact) mass is 256 g/mol. The van der Waals surface area contributed by atoms with E-state index < -0.39 is 10.0 Å². The number of rotatable bonds is 6.